The smallest absolute Gasteiger partial charge is 0.126 e. The average molecular weight is 183 g/mol. The molecule has 3 heteroatoms. The highest BCUT2D eigenvalue weighted by Gasteiger charge is 2.06. The monoisotopic (exact) mass is 183 g/mol. The van der Waals surface area contributed by atoms with Crippen molar-refractivity contribution in [2.75, 3.05) is 6.61 Å². The molecule has 0 bridgehead atoms. The molecule has 0 saturated heterocycles. The van der Waals surface area contributed by atoms with Crippen LogP contribution >= 0.6 is 0 Å². The van der Waals surface area contributed by atoms with Gasteiger partial charge in [-0.3, -0.25) is 0 Å². The molecule has 0 spiro atoms. The van der Waals surface area contributed by atoms with Crippen LogP contribution in [0.5, 0.6) is 0 Å². The fourth-order valence-electron chi connectivity index (χ4n) is 1.16. The lowest BCUT2D eigenvalue weighted by atomic mass is 10.0. The molecular weight excluding hydrogens is 169 g/mol. The van der Waals surface area contributed by atoms with Gasteiger partial charge in [0.2, 0.25) is 0 Å². The number of rotatable bonds is 3. The maximum atomic E-state index is 13.2. The molecule has 0 aliphatic rings. The summed E-state index contributed by atoms with van der Waals surface area (Å²) in [6, 6.07) is 4.64. The fourth-order valence-corrected chi connectivity index (χ4v) is 1.16. The van der Waals surface area contributed by atoms with Gasteiger partial charge in [0.1, 0.15) is 5.82 Å². The van der Waals surface area contributed by atoms with Crippen LogP contribution in [-0.4, -0.2) is 17.8 Å². The van der Waals surface area contributed by atoms with Gasteiger partial charge in [0, 0.05) is 6.04 Å². The Morgan fingerprint density at radius 3 is 2.77 bits per heavy atom. The van der Waals surface area contributed by atoms with Crippen LogP contribution in [0.25, 0.3) is 0 Å². The van der Waals surface area contributed by atoms with E-state index in [0.717, 1.165) is 5.56 Å². The summed E-state index contributed by atoms with van der Waals surface area (Å²) in [5.74, 6) is -0.246. The first-order valence-corrected chi connectivity index (χ1v) is 4.25. The van der Waals surface area contributed by atoms with Crippen LogP contribution in [0.2, 0.25) is 0 Å². The van der Waals surface area contributed by atoms with Gasteiger partial charge in [-0.1, -0.05) is 12.1 Å². The van der Waals surface area contributed by atoms with Crippen molar-refractivity contribution in [1.29, 1.82) is 0 Å². The first kappa shape index (κ1) is 10.2. The van der Waals surface area contributed by atoms with Crippen molar-refractivity contribution in [2.24, 2.45) is 5.73 Å². The van der Waals surface area contributed by atoms with E-state index in [2.05, 4.69) is 0 Å². The van der Waals surface area contributed by atoms with Crippen LogP contribution in [0.3, 0.4) is 0 Å². The van der Waals surface area contributed by atoms with Gasteiger partial charge in [0.05, 0.1) is 6.61 Å². The number of hydrogen-bond acceptors (Lipinski definition) is 2. The van der Waals surface area contributed by atoms with Crippen molar-refractivity contribution in [3.05, 3.63) is 35.1 Å². The van der Waals surface area contributed by atoms with Gasteiger partial charge in [0.15, 0.2) is 0 Å². The zero-order chi connectivity index (χ0) is 9.84. The van der Waals surface area contributed by atoms with Gasteiger partial charge < -0.3 is 10.8 Å². The van der Waals surface area contributed by atoms with E-state index in [1.165, 1.54) is 6.07 Å². The minimum atomic E-state index is -0.378. The molecule has 0 unspecified atom stereocenters. The molecule has 1 aromatic carbocycles. The van der Waals surface area contributed by atoms with E-state index in [4.69, 9.17) is 10.8 Å². The molecule has 0 aromatic heterocycles. The molecule has 0 saturated carbocycles. The van der Waals surface area contributed by atoms with Crippen molar-refractivity contribution in [3.63, 3.8) is 0 Å². The quantitative estimate of drug-likeness (QED) is 0.734. The van der Waals surface area contributed by atoms with Crippen LogP contribution in [0.1, 0.15) is 11.1 Å². The SMILES string of the molecule is Cc1ccc(C[C@H](N)CO)c(F)c1. The second kappa shape index (κ2) is 4.35. The molecule has 1 aromatic rings. The summed E-state index contributed by atoms with van der Waals surface area (Å²) in [6.07, 6.45) is 0.378. The Morgan fingerprint density at radius 1 is 1.54 bits per heavy atom. The molecule has 0 heterocycles. The number of hydrogen-bond donors (Lipinski definition) is 2. The van der Waals surface area contributed by atoms with Crippen LogP contribution in [-0.2, 0) is 6.42 Å². The van der Waals surface area contributed by atoms with E-state index in [1.54, 1.807) is 6.07 Å². The van der Waals surface area contributed by atoms with Crippen LogP contribution in [0.4, 0.5) is 4.39 Å². The molecule has 0 aliphatic heterocycles. The molecule has 2 nitrogen and oxygen atoms in total. The minimum absolute atomic E-state index is 0.118. The predicted octanol–water partition coefficient (Wildman–Crippen LogP) is 0.996. The summed E-state index contributed by atoms with van der Waals surface area (Å²) < 4.78 is 13.2. The molecular formula is C10H14FNO. The highest BCUT2D eigenvalue weighted by atomic mass is 19.1. The topological polar surface area (TPSA) is 46.2 Å². The van der Waals surface area contributed by atoms with Crippen molar-refractivity contribution >= 4 is 0 Å². The molecule has 0 aliphatic carbocycles. The summed E-state index contributed by atoms with van der Waals surface area (Å²) in [7, 11) is 0. The van der Waals surface area contributed by atoms with E-state index in [0.29, 0.717) is 12.0 Å². The molecule has 0 radical (unpaired) electrons. The summed E-state index contributed by atoms with van der Waals surface area (Å²) in [5.41, 5.74) is 6.95. The Morgan fingerprint density at radius 2 is 2.23 bits per heavy atom. The zero-order valence-electron chi connectivity index (χ0n) is 7.63. The number of benzene rings is 1. The van der Waals surface area contributed by atoms with E-state index < -0.39 is 0 Å². The number of aliphatic hydroxyl groups is 1. The Labute approximate surface area is 77.2 Å². The molecule has 72 valence electrons. The van der Waals surface area contributed by atoms with Crippen LogP contribution in [0.15, 0.2) is 18.2 Å². The molecule has 3 N–H and O–H groups in total. The maximum absolute atomic E-state index is 13.2. The van der Waals surface area contributed by atoms with E-state index in [-0.39, 0.29) is 18.5 Å². The third-order valence-electron chi connectivity index (χ3n) is 1.93. The van der Waals surface area contributed by atoms with E-state index in [1.807, 2.05) is 13.0 Å². The van der Waals surface area contributed by atoms with Crippen LogP contribution < -0.4 is 5.73 Å². The van der Waals surface area contributed by atoms with Crippen molar-refractivity contribution in [3.8, 4) is 0 Å². The lowest BCUT2D eigenvalue weighted by Gasteiger charge is -2.08. The largest absolute Gasteiger partial charge is 0.395 e. The second-order valence-electron chi connectivity index (χ2n) is 3.24. The first-order chi connectivity index (χ1) is 6.13. The predicted molar refractivity (Wildman–Crippen MR) is 49.9 cm³/mol. The lowest BCUT2D eigenvalue weighted by molar-refractivity contribution is 0.264. The number of halogens is 1. The highest BCUT2D eigenvalue weighted by Crippen LogP contribution is 2.11. The van der Waals surface area contributed by atoms with Gasteiger partial charge in [-0.2, -0.15) is 0 Å². The van der Waals surface area contributed by atoms with Gasteiger partial charge in [-0.25, -0.2) is 4.39 Å². The molecule has 0 fully saturated rings. The third-order valence-corrected chi connectivity index (χ3v) is 1.93. The maximum Gasteiger partial charge on any atom is 0.126 e. The van der Waals surface area contributed by atoms with Gasteiger partial charge >= 0.3 is 0 Å². The minimum Gasteiger partial charge on any atom is -0.395 e. The summed E-state index contributed by atoms with van der Waals surface area (Å²) in [5, 5.41) is 8.69. The number of nitrogens with two attached hydrogens (primary N) is 1. The summed E-state index contributed by atoms with van der Waals surface area (Å²) >= 11 is 0. The van der Waals surface area contributed by atoms with Gasteiger partial charge in [-0.05, 0) is 30.5 Å². The molecule has 0 amide bonds. The van der Waals surface area contributed by atoms with Crippen molar-refractivity contribution in [1.82, 2.24) is 0 Å². The molecule has 13 heavy (non-hydrogen) atoms. The second-order valence-corrected chi connectivity index (χ2v) is 3.24. The number of aryl methyl sites for hydroxylation is 1. The third kappa shape index (κ3) is 2.79. The Bertz CT molecular complexity index is 288. The fraction of sp³-hybridized carbons (Fsp3) is 0.400. The van der Waals surface area contributed by atoms with E-state index >= 15 is 0 Å². The number of aliphatic hydroxyl groups excluding tert-OH is 1. The lowest BCUT2D eigenvalue weighted by Crippen LogP contribution is -2.27. The van der Waals surface area contributed by atoms with Gasteiger partial charge in [-0.15, -0.1) is 0 Å². The molecule has 1 rings (SSSR count). The average Bonchev–Trinajstić information content (AvgIpc) is 2.09. The Hall–Kier alpha value is -0.930. The van der Waals surface area contributed by atoms with Crippen LogP contribution in [0, 0.1) is 12.7 Å². The standard InChI is InChI=1S/C10H14FNO/c1-7-2-3-8(10(11)4-7)5-9(12)6-13/h2-4,9,13H,5-6,12H2,1H3/t9-/m0/s1. The van der Waals surface area contributed by atoms with E-state index in [9.17, 15) is 4.39 Å². The first-order valence-electron chi connectivity index (χ1n) is 4.25. The summed E-state index contributed by atoms with van der Waals surface area (Å²) in [4.78, 5) is 0. The van der Waals surface area contributed by atoms with Crippen molar-refractivity contribution in [2.45, 2.75) is 19.4 Å². The normalized spacial score (nSPS) is 12.9. The highest BCUT2D eigenvalue weighted by molar-refractivity contribution is 5.24. The Balaban J connectivity index is 2.77. The summed E-state index contributed by atoms with van der Waals surface area (Å²) in [6.45, 7) is 1.71. The zero-order valence-corrected chi connectivity index (χ0v) is 7.63. The Kier molecular flexibility index (Phi) is 3.39. The van der Waals surface area contributed by atoms with Crippen molar-refractivity contribution < 1.29 is 9.50 Å². The molecule has 1 atom stereocenters. The van der Waals surface area contributed by atoms with Gasteiger partial charge in [0.25, 0.3) is 0 Å².